The van der Waals surface area contributed by atoms with E-state index in [1.165, 1.54) is 0 Å². The number of methoxy groups -OCH3 is 1. The molecule has 1 unspecified atom stereocenters. The Labute approximate surface area is 153 Å². The minimum absolute atomic E-state index is 0.0940. The van der Waals surface area contributed by atoms with Crippen LogP contribution in [-0.4, -0.2) is 40.0 Å². The Kier molecular flexibility index (Phi) is 5.81. The topological polar surface area (TPSA) is 60.2 Å². The van der Waals surface area contributed by atoms with Crippen molar-refractivity contribution in [1.82, 2.24) is 14.5 Å². The fraction of sp³-hybridized carbons (Fsp3) is 0.333. The van der Waals surface area contributed by atoms with Crippen LogP contribution in [0, 0.1) is 5.92 Å². The highest BCUT2D eigenvalue weighted by Crippen LogP contribution is 2.14. The maximum absolute atomic E-state index is 9.57. The number of rotatable bonds is 7. The van der Waals surface area contributed by atoms with Crippen molar-refractivity contribution < 1.29 is 9.84 Å². The van der Waals surface area contributed by atoms with Gasteiger partial charge < -0.3 is 14.4 Å². The first-order valence-electron chi connectivity index (χ1n) is 8.87. The second kappa shape index (κ2) is 8.25. The summed E-state index contributed by atoms with van der Waals surface area (Å²) in [6.07, 6.45) is 6.64. The minimum atomic E-state index is 0.0940. The summed E-state index contributed by atoms with van der Waals surface area (Å²) in [6, 6.07) is 7.91. The Morgan fingerprint density at radius 1 is 1.27 bits per heavy atom. The van der Waals surface area contributed by atoms with Gasteiger partial charge in [0.05, 0.1) is 23.0 Å². The molecule has 0 fully saturated rings. The van der Waals surface area contributed by atoms with Gasteiger partial charge >= 0.3 is 0 Å². The Hall–Kier alpha value is -2.50. The average molecular weight is 351 g/mol. The van der Waals surface area contributed by atoms with Gasteiger partial charge in [0, 0.05) is 31.4 Å². The standard InChI is InChI=1S/C21H25N3O2/c1-4-8-19-16(5-2)20-21(23-18-10-7-6-9-17(18)22-20)24(19)12-11-15(13-25)14-26-3/h4-10,15,25H,1,11-14H2,2-3H3/b16-5+,19-8+. The number of aliphatic hydroxyl groups excluding tert-OH is 1. The van der Waals surface area contributed by atoms with Crippen LogP contribution in [0.1, 0.15) is 13.3 Å². The molecule has 2 heterocycles. The Morgan fingerprint density at radius 2 is 2.00 bits per heavy atom. The van der Waals surface area contributed by atoms with Crippen LogP contribution in [0.2, 0.25) is 0 Å². The molecular formula is C21H25N3O2. The molecule has 2 aromatic heterocycles. The second-order valence-corrected chi connectivity index (χ2v) is 6.32. The molecule has 0 radical (unpaired) electrons. The molecule has 5 nitrogen and oxygen atoms in total. The molecule has 136 valence electrons. The molecule has 3 rings (SSSR count). The molecule has 0 bridgehead atoms. The lowest BCUT2D eigenvalue weighted by Gasteiger charge is -2.14. The van der Waals surface area contributed by atoms with E-state index in [4.69, 9.17) is 14.7 Å². The van der Waals surface area contributed by atoms with Crippen molar-refractivity contribution >= 4 is 34.3 Å². The highest BCUT2D eigenvalue weighted by Gasteiger charge is 2.14. The van der Waals surface area contributed by atoms with Crippen LogP contribution >= 0.6 is 0 Å². The van der Waals surface area contributed by atoms with Crippen LogP contribution in [-0.2, 0) is 11.3 Å². The van der Waals surface area contributed by atoms with Crippen molar-refractivity contribution in [2.75, 3.05) is 20.3 Å². The summed E-state index contributed by atoms with van der Waals surface area (Å²) < 4.78 is 7.38. The first-order chi connectivity index (χ1) is 12.7. The predicted octanol–water partition coefficient (Wildman–Crippen LogP) is 2.00. The van der Waals surface area contributed by atoms with E-state index in [0.717, 1.165) is 45.7 Å². The van der Waals surface area contributed by atoms with Crippen molar-refractivity contribution in [1.29, 1.82) is 0 Å². The zero-order valence-corrected chi connectivity index (χ0v) is 15.4. The van der Waals surface area contributed by atoms with Gasteiger partial charge in [0.25, 0.3) is 0 Å². The minimum Gasteiger partial charge on any atom is -0.396 e. The molecule has 0 saturated carbocycles. The largest absolute Gasteiger partial charge is 0.396 e. The molecule has 1 N–H and O–H groups in total. The SMILES string of the molecule is C=C/C=c1\c(=C/C)c2nc3ccccc3nc2n1CCC(CO)COC. The predicted molar refractivity (Wildman–Crippen MR) is 106 cm³/mol. The Bertz CT molecular complexity index is 1040. The first-order valence-corrected chi connectivity index (χ1v) is 8.87. The van der Waals surface area contributed by atoms with Crippen molar-refractivity contribution in [3.63, 3.8) is 0 Å². The lowest BCUT2D eigenvalue weighted by atomic mass is 10.1. The molecule has 0 saturated heterocycles. The molecule has 0 aliphatic carbocycles. The average Bonchev–Trinajstić information content (AvgIpc) is 2.95. The van der Waals surface area contributed by atoms with Crippen molar-refractivity contribution in [2.45, 2.75) is 19.9 Å². The van der Waals surface area contributed by atoms with Crippen LogP contribution in [0.4, 0.5) is 0 Å². The first kappa shape index (κ1) is 18.3. The van der Waals surface area contributed by atoms with Gasteiger partial charge in [-0.15, -0.1) is 0 Å². The summed E-state index contributed by atoms with van der Waals surface area (Å²) in [7, 11) is 1.66. The van der Waals surface area contributed by atoms with Gasteiger partial charge in [-0.2, -0.15) is 0 Å². The van der Waals surface area contributed by atoms with E-state index in [9.17, 15) is 5.11 Å². The van der Waals surface area contributed by atoms with Gasteiger partial charge in [0.2, 0.25) is 0 Å². The molecule has 0 amide bonds. The van der Waals surface area contributed by atoms with Gasteiger partial charge in [-0.05, 0) is 31.6 Å². The van der Waals surface area contributed by atoms with Crippen molar-refractivity contribution in [3.05, 3.63) is 47.5 Å². The Morgan fingerprint density at radius 3 is 2.62 bits per heavy atom. The maximum Gasteiger partial charge on any atom is 0.160 e. The second-order valence-electron chi connectivity index (χ2n) is 6.32. The molecule has 0 aliphatic rings. The van der Waals surface area contributed by atoms with Crippen LogP contribution in [0.3, 0.4) is 0 Å². The molecule has 26 heavy (non-hydrogen) atoms. The highest BCUT2D eigenvalue weighted by molar-refractivity contribution is 5.85. The number of ether oxygens (including phenoxy) is 1. The van der Waals surface area contributed by atoms with Crippen LogP contribution in [0.25, 0.3) is 34.3 Å². The zero-order valence-electron chi connectivity index (χ0n) is 15.4. The smallest absolute Gasteiger partial charge is 0.160 e. The van der Waals surface area contributed by atoms with E-state index in [1.54, 1.807) is 13.2 Å². The van der Waals surface area contributed by atoms with Gasteiger partial charge in [0.1, 0.15) is 5.52 Å². The quantitative estimate of drug-likeness (QED) is 0.707. The van der Waals surface area contributed by atoms with Gasteiger partial charge in [-0.1, -0.05) is 30.9 Å². The number of para-hydroxylation sites is 2. The fourth-order valence-electron chi connectivity index (χ4n) is 3.32. The third-order valence-corrected chi connectivity index (χ3v) is 4.62. The monoisotopic (exact) mass is 351 g/mol. The number of hydrogen-bond donors (Lipinski definition) is 1. The summed E-state index contributed by atoms with van der Waals surface area (Å²) >= 11 is 0. The normalized spacial score (nSPS) is 14.4. The van der Waals surface area contributed by atoms with Crippen molar-refractivity contribution in [2.24, 2.45) is 5.92 Å². The van der Waals surface area contributed by atoms with Gasteiger partial charge in [-0.3, -0.25) is 0 Å². The highest BCUT2D eigenvalue weighted by atomic mass is 16.5. The molecular weight excluding hydrogens is 326 g/mol. The number of aryl methyl sites for hydroxylation is 1. The maximum atomic E-state index is 9.57. The van der Waals surface area contributed by atoms with E-state index in [-0.39, 0.29) is 12.5 Å². The number of aliphatic hydroxyl groups is 1. The van der Waals surface area contributed by atoms with Gasteiger partial charge in [0.15, 0.2) is 5.65 Å². The van der Waals surface area contributed by atoms with Crippen molar-refractivity contribution in [3.8, 4) is 0 Å². The number of fused-ring (bicyclic) bond motifs is 2. The summed E-state index contributed by atoms with van der Waals surface area (Å²) in [5.41, 5.74) is 3.52. The van der Waals surface area contributed by atoms with E-state index >= 15 is 0 Å². The molecule has 5 heteroatoms. The third-order valence-electron chi connectivity index (χ3n) is 4.62. The summed E-state index contributed by atoms with van der Waals surface area (Å²) in [5, 5.41) is 11.7. The molecule has 1 aromatic carbocycles. The number of hydrogen-bond acceptors (Lipinski definition) is 4. The van der Waals surface area contributed by atoms with Gasteiger partial charge in [-0.25, -0.2) is 9.97 Å². The van der Waals surface area contributed by atoms with E-state index in [0.29, 0.717) is 6.61 Å². The van der Waals surface area contributed by atoms with Crippen LogP contribution in [0.5, 0.6) is 0 Å². The van der Waals surface area contributed by atoms with Crippen LogP contribution in [0.15, 0.2) is 36.9 Å². The Balaban J connectivity index is 2.22. The van der Waals surface area contributed by atoms with E-state index in [1.807, 2.05) is 37.3 Å². The number of nitrogens with zero attached hydrogens (tertiary/aromatic N) is 3. The lowest BCUT2D eigenvalue weighted by molar-refractivity contribution is 0.103. The fourth-order valence-corrected chi connectivity index (χ4v) is 3.32. The van der Waals surface area contributed by atoms with E-state index < -0.39 is 0 Å². The lowest BCUT2D eigenvalue weighted by Crippen LogP contribution is -2.30. The molecule has 0 aliphatic heterocycles. The zero-order chi connectivity index (χ0) is 18.5. The molecule has 0 spiro atoms. The number of allylic oxidation sites excluding steroid dienone is 1. The summed E-state index contributed by atoms with van der Waals surface area (Å²) in [4.78, 5) is 9.72. The van der Waals surface area contributed by atoms with E-state index in [2.05, 4.69) is 17.2 Å². The number of aromatic nitrogens is 3. The molecule has 1 atom stereocenters. The van der Waals surface area contributed by atoms with Crippen LogP contribution < -0.4 is 10.6 Å². The summed E-state index contributed by atoms with van der Waals surface area (Å²) in [5.74, 6) is 0.0940. The third kappa shape index (κ3) is 3.41. The number of benzene rings is 1. The molecule has 3 aromatic rings. The summed E-state index contributed by atoms with van der Waals surface area (Å²) in [6.45, 7) is 7.24.